The smallest absolute Gasteiger partial charge is 0.246 e. The van der Waals surface area contributed by atoms with E-state index in [-0.39, 0.29) is 25.3 Å². The standard InChI is InChI=1S/C18H25N7O5/c19-14(26)8-21-17(29)13-2-1-5-25(13)18(30)12(6-10-7-20-9-22-10)24-16(28)11-3-4-15(27)23-11/h7,9,11-13H,1-6,8H2,(H2,19,26)(H,20,22)(H,21,29)(H,23,27)(H,24,28). The Morgan fingerprint density at radius 3 is 2.70 bits per heavy atom. The molecule has 0 bridgehead atoms. The summed E-state index contributed by atoms with van der Waals surface area (Å²) in [6, 6.07) is -2.40. The number of nitrogens with one attached hydrogen (secondary N) is 4. The zero-order valence-corrected chi connectivity index (χ0v) is 16.3. The van der Waals surface area contributed by atoms with Gasteiger partial charge in [-0.1, -0.05) is 0 Å². The second-order valence-electron chi connectivity index (χ2n) is 7.36. The fourth-order valence-electron chi connectivity index (χ4n) is 3.69. The maximum Gasteiger partial charge on any atom is 0.246 e. The van der Waals surface area contributed by atoms with E-state index < -0.39 is 41.8 Å². The summed E-state index contributed by atoms with van der Waals surface area (Å²) in [5.41, 5.74) is 5.63. The number of hydrogen-bond acceptors (Lipinski definition) is 6. The summed E-state index contributed by atoms with van der Waals surface area (Å²) >= 11 is 0. The molecular formula is C18H25N7O5. The molecule has 12 heteroatoms. The van der Waals surface area contributed by atoms with Crippen LogP contribution in [0.4, 0.5) is 0 Å². The number of carbonyl (C=O) groups excluding carboxylic acids is 5. The third-order valence-corrected chi connectivity index (χ3v) is 5.17. The third kappa shape index (κ3) is 5.13. The van der Waals surface area contributed by atoms with Gasteiger partial charge in [-0.25, -0.2) is 4.98 Å². The van der Waals surface area contributed by atoms with Crippen molar-refractivity contribution >= 4 is 29.5 Å². The molecule has 0 spiro atoms. The average Bonchev–Trinajstić information content (AvgIpc) is 3.46. The number of aromatic nitrogens is 2. The lowest BCUT2D eigenvalue weighted by Crippen LogP contribution is -2.56. The monoisotopic (exact) mass is 419 g/mol. The number of H-pyrrole nitrogens is 1. The molecule has 12 nitrogen and oxygen atoms in total. The molecule has 5 amide bonds. The Labute approximate surface area is 172 Å². The summed E-state index contributed by atoms with van der Waals surface area (Å²) in [4.78, 5) is 68.9. The molecule has 2 aliphatic rings. The fraction of sp³-hybridized carbons (Fsp3) is 0.556. The number of imidazole rings is 1. The SMILES string of the molecule is NC(=O)CNC(=O)C1CCCN1C(=O)C(Cc1c[nH]cn1)NC(=O)C1CCC(=O)N1. The Morgan fingerprint density at radius 2 is 2.07 bits per heavy atom. The molecule has 2 aliphatic heterocycles. The lowest BCUT2D eigenvalue weighted by molar-refractivity contribution is -0.141. The fourth-order valence-corrected chi connectivity index (χ4v) is 3.69. The quantitative estimate of drug-likeness (QED) is 0.306. The summed E-state index contributed by atoms with van der Waals surface area (Å²) < 4.78 is 0. The van der Waals surface area contributed by atoms with Crippen LogP contribution in [0.5, 0.6) is 0 Å². The zero-order chi connectivity index (χ0) is 21.7. The first-order chi connectivity index (χ1) is 14.3. The normalized spacial score (nSPS) is 21.7. The first kappa shape index (κ1) is 21.3. The van der Waals surface area contributed by atoms with Crippen molar-refractivity contribution in [3.8, 4) is 0 Å². The van der Waals surface area contributed by atoms with E-state index in [0.29, 0.717) is 31.5 Å². The summed E-state index contributed by atoms with van der Waals surface area (Å²) in [7, 11) is 0. The van der Waals surface area contributed by atoms with Crippen LogP contribution in [-0.2, 0) is 30.4 Å². The van der Waals surface area contributed by atoms with E-state index >= 15 is 0 Å². The topological polar surface area (TPSA) is 179 Å². The van der Waals surface area contributed by atoms with Crippen LogP contribution < -0.4 is 21.7 Å². The predicted octanol–water partition coefficient (Wildman–Crippen LogP) is -2.69. The maximum atomic E-state index is 13.3. The summed E-state index contributed by atoms with van der Waals surface area (Å²) in [6.45, 7) is 0.0345. The summed E-state index contributed by atoms with van der Waals surface area (Å²) in [5, 5.41) is 7.70. The van der Waals surface area contributed by atoms with E-state index in [1.54, 1.807) is 6.20 Å². The second-order valence-corrected chi connectivity index (χ2v) is 7.36. The van der Waals surface area contributed by atoms with Crippen LogP contribution in [0.3, 0.4) is 0 Å². The van der Waals surface area contributed by atoms with Crippen LogP contribution in [0.15, 0.2) is 12.5 Å². The number of carbonyl (C=O) groups is 5. The van der Waals surface area contributed by atoms with E-state index in [2.05, 4.69) is 25.9 Å². The lowest BCUT2D eigenvalue weighted by atomic mass is 10.1. The van der Waals surface area contributed by atoms with E-state index in [4.69, 9.17) is 5.73 Å². The Kier molecular flexibility index (Phi) is 6.65. The Balaban J connectivity index is 1.71. The highest BCUT2D eigenvalue weighted by Gasteiger charge is 2.39. The van der Waals surface area contributed by atoms with Crippen LogP contribution in [0.25, 0.3) is 0 Å². The summed E-state index contributed by atoms with van der Waals surface area (Å²) in [6.07, 6.45) is 4.87. The number of primary amides is 1. The highest BCUT2D eigenvalue weighted by atomic mass is 16.2. The minimum Gasteiger partial charge on any atom is -0.368 e. The van der Waals surface area contributed by atoms with Crippen molar-refractivity contribution in [1.29, 1.82) is 0 Å². The predicted molar refractivity (Wildman–Crippen MR) is 102 cm³/mol. The van der Waals surface area contributed by atoms with Gasteiger partial charge in [0.05, 0.1) is 18.6 Å². The molecule has 0 saturated carbocycles. The van der Waals surface area contributed by atoms with Gasteiger partial charge in [-0.05, 0) is 19.3 Å². The Bertz CT molecular complexity index is 825. The molecule has 1 aromatic heterocycles. The first-order valence-electron chi connectivity index (χ1n) is 9.79. The summed E-state index contributed by atoms with van der Waals surface area (Å²) in [5.74, 6) is -2.24. The van der Waals surface area contributed by atoms with Gasteiger partial charge in [0.1, 0.15) is 18.1 Å². The Hall–Kier alpha value is -3.44. The van der Waals surface area contributed by atoms with Crippen LogP contribution in [-0.4, -0.2) is 75.6 Å². The molecule has 0 radical (unpaired) electrons. The van der Waals surface area contributed by atoms with E-state index in [0.717, 1.165) is 0 Å². The number of rotatable bonds is 8. The molecular weight excluding hydrogens is 394 g/mol. The van der Waals surface area contributed by atoms with Crippen molar-refractivity contribution < 1.29 is 24.0 Å². The molecule has 0 aliphatic carbocycles. The van der Waals surface area contributed by atoms with Gasteiger partial charge in [0.15, 0.2) is 0 Å². The van der Waals surface area contributed by atoms with Crippen LogP contribution in [0.2, 0.25) is 0 Å². The van der Waals surface area contributed by atoms with E-state index in [9.17, 15) is 24.0 Å². The largest absolute Gasteiger partial charge is 0.368 e. The number of likely N-dealkylation sites (tertiary alicyclic amines) is 1. The minimum atomic E-state index is -0.956. The molecule has 3 atom stereocenters. The van der Waals surface area contributed by atoms with Crippen molar-refractivity contribution in [2.24, 2.45) is 5.73 Å². The molecule has 6 N–H and O–H groups in total. The van der Waals surface area contributed by atoms with Crippen molar-refractivity contribution in [2.75, 3.05) is 13.1 Å². The second kappa shape index (κ2) is 9.37. The van der Waals surface area contributed by atoms with Crippen LogP contribution >= 0.6 is 0 Å². The Morgan fingerprint density at radius 1 is 1.27 bits per heavy atom. The third-order valence-electron chi connectivity index (χ3n) is 5.17. The minimum absolute atomic E-state index is 0.126. The van der Waals surface area contributed by atoms with Crippen molar-refractivity contribution in [1.82, 2.24) is 30.8 Å². The molecule has 2 saturated heterocycles. The number of hydrogen-bond donors (Lipinski definition) is 5. The van der Waals surface area contributed by atoms with Gasteiger partial charge in [0, 0.05) is 25.6 Å². The van der Waals surface area contributed by atoms with Gasteiger partial charge in [0.25, 0.3) is 0 Å². The highest BCUT2D eigenvalue weighted by Crippen LogP contribution is 2.20. The van der Waals surface area contributed by atoms with Gasteiger partial charge < -0.3 is 31.6 Å². The van der Waals surface area contributed by atoms with Crippen LogP contribution in [0, 0.1) is 0 Å². The highest BCUT2D eigenvalue weighted by molar-refractivity contribution is 5.96. The van der Waals surface area contributed by atoms with Gasteiger partial charge in [-0.15, -0.1) is 0 Å². The molecule has 3 unspecified atom stereocenters. The number of nitrogens with two attached hydrogens (primary N) is 1. The average molecular weight is 419 g/mol. The first-order valence-corrected chi connectivity index (χ1v) is 9.79. The molecule has 30 heavy (non-hydrogen) atoms. The molecule has 3 heterocycles. The van der Waals surface area contributed by atoms with Crippen molar-refractivity contribution in [3.63, 3.8) is 0 Å². The van der Waals surface area contributed by atoms with Crippen molar-refractivity contribution in [2.45, 2.75) is 50.2 Å². The molecule has 1 aromatic rings. The molecule has 3 rings (SSSR count). The number of aromatic amines is 1. The van der Waals surface area contributed by atoms with Gasteiger partial charge >= 0.3 is 0 Å². The lowest BCUT2D eigenvalue weighted by Gasteiger charge is -2.29. The molecule has 162 valence electrons. The van der Waals surface area contributed by atoms with E-state index in [1.165, 1.54) is 11.2 Å². The number of amides is 5. The zero-order valence-electron chi connectivity index (χ0n) is 16.3. The molecule has 2 fully saturated rings. The maximum absolute atomic E-state index is 13.3. The van der Waals surface area contributed by atoms with E-state index in [1.807, 2.05) is 0 Å². The van der Waals surface area contributed by atoms with Gasteiger partial charge in [-0.2, -0.15) is 0 Å². The van der Waals surface area contributed by atoms with Gasteiger partial charge in [0.2, 0.25) is 29.5 Å². The number of nitrogens with zero attached hydrogens (tertiary/aromatic N) is 2. The molecule has 0 aromatic carbocycles. The van der Waals surface area contributed by atoms with Crippen molar-refractivity contribution in [3.05, 3.63) is 18.2 Å². The van der Waals surface area contributed by atoms with Crippen LogP contribution in [0.1, 0.15) is 31.4 Å². The van der Waals surface area contributed by atoms with Gasteiger partial charge in [-0.3, -0.25) is 24.0 Å².